The normalized spacial score (nSPS) is 23.2. The molecule has 0 bridgehead atoms. The number of likely N-dealkylation sites (tertiary alicyclic amines) is 1. The summed E-state index contributed by atoms with van der Waals surface area (Å²) in [6.45, 7) is 4.22. The molecule has 7 heteroatoms. The molecule has 0 aromatic rings. The second kappa shape index (κ2) is 6.40. The molecule has 2 atom stereocenters. The molecule has 108 valence electrons. The first-order chi connectivity index (χ1) is 8.79. The molecule has 1 heterocycles. The van der Waals surface area contributed by atoms with Gasteiger partial charge < -0.3 is 21.1 Å². The van der Waals surface area contributed by atoms with Crippen molar-refractivity contribution >= 4 is 17.9 Å². The maximum atomic E-state index is 11.7. The highest BCUT2D eigenvalue weighted by molar-refractivity contribution is 5.78. The van der Waals surface area contributed by atoms with Crippen LogP contribution in [0, 0.1) is 11.8 Å². The molecule has 1 aliphatic heterocycles. The predicted molar refractivity (Wildman–Crippen MR) is 68.3 cm³/mol. The summed E-state index contributed by atoms with van der Waals surface area (Å²) in [7, 11) is 0. The first-order valence-corrected chi connectivity index (χ1v) is 6.36. The highest BCUT2D eigenvalue weighted by Crippen LogP contribution is 2.20. The van der Waals surface area contributed by atoms with Gasteiger partial charge in [0.15, 0.2) is 0 Å². The molecule has 4 N–H and O–H groups in total. The van der Waals surface area contributed by atoms with Crippen molar-refractivity contribution < 1.29 is 19.5 Å². The number of carboxylic acid groups (broad SMARTS) is 1. The van der Waals surface area contributed by atoms with E-state index in [0.29, 0.717) is 19.5 Å². The minimum absolute atomic E-state index is 0.0299. The van der Waals surface area contributed by atoms with Crippen molar-refractivity contribution in [2.75, 3.05) is 13.1 Å². The van der Waals surface area contributed by atoms with E-state index >= 15 is 0 Å². The number of aliphatic carboxylic acids is 1. The molecule has 0 saturated carbocycles. The summed E-state index contributed by atoms with van der Waals surface area (Å²) in [5.74, 6) is -1.35. The number of urea groups is 1. The predicted octanol–water partition coefficient (Wildman–Crippen LogP) is 0.00250. The fraction of sp³-hybridized carbons (Fsp3) is 0.750. The number of nitrogens with one attached hydrogen (secondary N) is 1. The number of carboxylic acids is 1. The van der Waals surface area contributed by atoms with Crippen LogP contribution in [-0.2, 0) is 9.59 Å². The van der Waals surface area contributed by atoms with E-state index in [4.69, 9.17) is 10.8 Å². The van der Waals surface area contributed by atoms with Crippen LogP contribution >= 0.6 is 0 Å². The average molecular weight is 271 g/mol. The van der Waals surface area contributed by atoms with Crippen LogP contribution in [0.5, 0.6) is 0 Å². The third-order valence-electron chi connectivity index (χ3n) is 3.18. The number of nitrogens with zero attached hydrogens (tertiary/aromatic N) is 1. The number of amides is 3. The van der Waals surface area contributed by atoms with Crippen LogP contribution in [0.3, 0.4) is 0 Å². The Kier molecular flexibility index (Phi) is 5.14. The molecule has 3 amide bonds. The Balaban J connectivity index is 2.67. The minimum atomic E-state index is -0.912. The zero-order valence-corrected chi connectivity index (χ0v) is 11.3. The summed E-state index contributed by atoms with van der Waals surface area (Å²) in [5.41, 5.74) is 5.24. The lowest BCUT2D eigenvalue weighted by Gasteiger charge is -2.37. The Labute approximate surface area is 112 Å². The molecular formula is C12H21N3O4. The number of primary amides is 1. The van der Waals surface area contributed by atoms with E-state index < -0.39 is 12.0 Å². The van der Waals surface area contributed by atoms with Crippen LogP contribution in [0.4, 0.5) is 4.79 Å². The monoisotopic (exact) mass is 271 g/mol. The zero-order chi connectivity index (χ0) is 14.6. The van der Waals surface area contributed by atoms with Gasteiger partial charge in [0.1, 0.15) is 0 Å². The third-order valence-corrected chi connectivity index (χ3v) is 3.18. The Morgan fingerprint density at radius 2 is 2.00 bits per heavy atom. The average Bonchev–Trinajstić information content (AvgIpc) is 2.27. The summed E-state index contributed by atoms with van der Waals surface area (Å²) < 4.78 is 0. The maximum Gasteiger partial charge on any atom is 0.314 e. The number of hydrogen-bond donors (Lipinski definition) is 3. The van der Waals surface area contributed by atoms with E-state index in [1.807, 2.05) is 0 Å². The SMILES string of the molecule is CC(C)C(=O)NC1CC(CC(=O)O)CN(C(N)=O)C1. The summed E-state index contributed by atoms with van der Waals surface area (Å²) in [4.78, 5) is 35.0. The summed E-state index contributed by atoms with van der Waals surface area (Å²) in [5, 5.41) is 11.6. The van der Waals surface area contributed by atoms with Gasteiger partial charge >= 0.3 is 12.0 Å². The quantitative estimate of drug-likeness (QED) is 0.668. The van der Waals surface area contributed by atoms with E-state index in [0.717, 1.165) is 0 Å². The lowest BCUT2D eigenvalue weighted by Crippen LogP contribution is -2.54. The molecule has 0 aliphatic carbocycles. The molecule has 1 rings (SSSR count). The van der Waals surface area contributed by atoms with Gasteiger partial charge in [0, 0.05) is 31.5 Å². The van der Waals surface area contributed by atoms with Crippen molar-refractivity contribution in [3.05, 3.63) is 0 Å². The van der Waals surface area contributed by atoms with Gasteiger partial charge in [0.05, 0.1) is 0 Å². The van der Waals surface area contributed by atoms with E-state index in [1.165, 1.54) is 4.90 Å². The number of carbonyl (C=O) groups is 3. The molecule has 19 heavy (non-hydrogen) atoms. The van der Waals surface area contributed by atoms with Crippen molar-refractivity contribution in [1.29, 1.82) is 0 Å². The smallest absolute Gasteiger partial charge is 0.314 e. The molecule has 7 nitrogen and oxygen atoms in total. The summed E-state index contributed by atoms with van der Waals surface area (Å²) in [6.07, 6.45) is 0.520. The molecule has 1 saturated heterocycles. The first kappa shape index (κ1) is 15.3. The molecule has 0 aromatic carbocycles. The Hall–Kier alpha value is -1.79. The van der Waals surface area contributed by atoms with Gasteiger partial charge in [-0.25, -0.2) is 4.79 Å². The Bertz CT molecular complexity index is 370. The second-order valence-electron chi connectivity index (χ2n) is 5.30. The maximum absolute atomic E-state index is 11.7. The summed E-state index contributed by atoms with van der Waals surface area (Å²) >= 11 is 0. The number of hydrogen-bond acceptors (Lipinski definition) is 3. The van der Waals surface area contributed by atoms with Gasteiger partial charge in [-0.05, 0) is 12.3 Å². The fourth-order valence-electron chi connectivity index (χ4n) is 2.25. The van der Waals surface area contributed by atoms with Gasteiger partial charge in [0.25, 0.3) is 0 Å². The van der Waals surface area contributed by atoms with Gasteiger partial charge in [-0.15, -0.1) is 0 Å². The second-order valence-corrected chi connectivity index (χ2v) is 5.30. The molecule has 1 fully saturated rings. The van der Waals surface area contributed by atoms with Gasteiger partial charge in [-0.1, -0.05) is 13.8 Å². The lowest BCUT2D eigenvalue weighted by atomic mass is 9.91. The topological polar surface area (TPSA) is 113 Å². The summed E-state index contributed by atoms with van der Waals surface area (Å²) in [6, 6.07) is -0.820. The van der Waals surface area contributed by atoms with Gasteiger partial charge in [-0.3, -0.25) is 9.59 Å². The number of carbonyl (C=O) groups excluding carboxylic acids is 2. The molecular weight excluding hydrogens is 250 g/mol. The lowest BCUT2D eigenvalue weighted by molar-refractivity contribution is -0.138. The van der Waals surface area contributed by atoms with Crippen molar-refractivity contribution in [2.24, 2.45) is 17.6 Å². The van der Waals surface area contributed by atoms with Crippen molar-refractivity contribution in [2.45, 2.75) is 32.7 Å². The Morgan fingerprint density at radius 1 is 1.37 bits per heavy atom. The van der Waals surface area contributed by atoms with Crippen LogP contribution in [0.1, 0.15) is 26.7 Å². The van der Waals surface area contributed by atoms with Gasteiger partial charge in [-0.2, -0.15) is 0 Å². The molecule has 1 aliphatic rings. The first-order valence-electron chi connectivity index (χ1n) is 6.36. The van der Waals surface area contributed by atoms with Crippen molar-refractivity contribution in [1.82, 2.24) is 10.2 Å². The minimum Gasteiger partial charge on any atom is -0.481 e. The zero-order valence-electron chi connectivity index (χ0n) is 11.3. The highest BCUT2D eigenvalue weighted by Gasteiger charge is 2.31. The number of rotatable bonds is 4. The highest BCUT2D eigenvalue weighted by atomic mass is 16.4. The van der Waals surface area contributed by atoms with Crippen LogP contribution in [0.15, 0.2) is 0 Å². The van der Waals surface area contributed by atoms with Crippen LogP contribution in [0.2, 0.25) is 0 Å². The number of nitrogens with two attached hydrogens (primary N) is 1. The molecule has 2 unspecified atom stereocenters. The molecule has 0 spiro atoms. The van der Waals surface area contributed by atoms with E-state index in [9.17, 15) is 14.4 Å². The van der Waals surface area contributed by atoms with Crippen molar-refractivity contribution in [3.8, 4) is 0 Å². The van der Waals surface area contributed by atoms with Crippen LogP contribution in [0.25, 0.3) is 0 Å². The van der Waals surface area contributed by atoms with Crippen molar-refractivity contribution in [3.63, 3.8) is 0 Å². The number of piperidine rings is 1. The van der Waals surface area contributed by atoms with Crippen LogP contribution < -0.4 is 11.1 Å². The van der Waals surface area contributed by atoms with Crippen LogP contribution in [-0.4, -0.2) is 47.0 Å². The third kappa shape index (κ3) is 4.76. The van der Waals surface area contributed by atoms with E-state index in [-0.39, 0.29) is 30.2 Å². The molecule has 0 radical (unpaired) electrons. The molecule has 0 aromatic heterocycles. The standard InChI is InChI=1S/C12H21N3O4/c1-7(2)11(18)14-9-3-8(4-10(16)17)5-15(6-9)12(13)19/h7-9H,3-6H2,1-2H3,(H2,13,19)(H,14,18)(H,16,17). The van der Waals surface area contributed by atoms with E-state index in [2.05, 4.69) is 5.32 Å². The van der Waals surface area contributed by atoms with Gasteiger partial charge in [0.2, 0.25) is 5.91 Å². The Morgan fingerprint density at radius 3 is 2.47 bits per heavy atom. The largest absolute Gasteiger partial charge is 0.481 e. The van der Waals surface area contributed by atoms with E-state index in [1.54, 1.807) is 13.8 Å². The fourth-order valence-corrected chi connectivity index (χ4v) is 2.25.